The summed E-state index contributed by atoms with van der Waals surface area (Å²) in [7, 11) is 0. The molecule has 0 aliphatic rings. The molecular formula is C19H24N2O3S. The number of aliphatic carboxylic acids is 1. The zero-order valence-electron chi connectivity index (χ0n) is 14.3. The molecule has 2 unspecified atom stereocenters. The van der Waals surface area contributed by atoms with E-state index >= 15 is 0 Å². The van der Waals surface area contributed by atoms with Crippen molar-refractivity contribution >= 4 is 23.3 Å². The Labute approximate surface area is 152 Å². The first-order valence-corrected chi connectivity index (χ1v) is 9.32. The molecule has 0 spiro atoms. The minimum absolute atomic E-state index is 0.0277. The van der Waals surface area contributed by atoms with Crippen LogP contribution in [0.2, 0.25) is 0 Å². The van der Waals surface area contributed by atoms with Gasteiger partial charge in [0.05, 0.1) is 6.04 Å². The predicted molar refractivity (Wildman–Crippen MR) is 99.8 cm³/mol. The predicted octanol–water partition coefficient (Wildman–Crippen LogP) is 3.97. The van der Waals surface area contributed by atoms with E-state index in [0.717, 1.165) is 16.9 Å². The summed E-state index contributed by atoms with van der Waals surface area (Å²) in [6.45, 7) is 2.02. The van der Waals surface area contributed by atoms with Crippen LogP contribution in [0.5, 0.6) is 0 Å². The van der Waals surface area contributed by atoms with E-state index in [9.17, 15) is 9.59 Å². The van der Waals surface area contributed by atoms with Gasteiger partial charge in [-0.15, -0.1) is 11.3 Å². The van der Waals surface area contributed by atoms with Crippen LogP contribution in [0.4, 0.5) is 4.79 Å². The zero-order chi connectivity index (χ0) is 18.1. The molecular weight excluding hydrogens is 336 g/mol. The quantitative estimate of drug-likeness (QED) is 0.633. The molecule has 2 aromatic rings. The van der Waals surface area contributed by atoms with E-state index in [4.69, 9.17) is 5.11 Å². The molecule has 134 valence electrons. The van der Waals surface area contributed by atoms with Crippen molar-refractivity contribution in [1.29, 1.82) is 0 Å². The Morgan fingerprint density at radius 3 is 2.48 bits per heavy atom. The maximum atomic E-state index is 12.4. The normalized spacial score (nSPS) is 13.0. The summed E-state index contributed by atoms with van der Waals surface area (Å²) in [6.07, 6.45) is 1.83. The summed E-state index contributed by atoms with van der Waals surface area (Å²) in [4.78, 5) is 24.4. The molecule has 25 heavy (non-hydrogen) atoms. The summed E-state index contributed by atoms with van der Waals surface area (Å²) in [5, 5.41) is 16.9. The molecule has 1 aromatic carbocycles. The van der Waals surface area contributed by atoms with E-state index in [-0.39, 0.29) is 24.5 Å². The molecule has 1 aromatic heterocycles. The van der Waals surface area contributed by atoms with E-state index in [2.05, 4.69) is 10.6 Å². The number of carboxylic acid groups (broad SMARTS) is 1. The van der Waals surface area contributed by atoms with Gasteiger partial charge in [0.2, 0.25) is 0 Å². The average Bonchev–Trinajstić information content (AvgIpc) is 3.13. The van der Waals surface area contributed by atoms with Crippen molar-refractivity contribution in [2.45, 2.75) is 44.7 Å². The number of carbonyl (C=O) groups is 2. The van der Waals surface area contributed by atoms with Crippen LogP contribution < -0.4 is 10.6 Å². The summed E-state index contributed by atoms with van der Waals surface area (Å²) < 4.78 is 0. The molecule has 0 saturated carbocycles. The lowest BCUT2D eigenvalue weighted by Crippen LogP contribution is -2.44. The number of thiophene rings is 1. The van der Waals surface area contributed by atoms with Crippen molar-refractivity contribution in [2.24, 2.45) is 0 Å². The Balaban J connectivity index is 1.96. The Bertz CT molecular complexity index is 659. The smallest absolute Gasteiger partial charge is 0.315 e. The molecule has 0 aliphatic heterocycles. The largest absolute Gasteiger partial charge is 0.481 e. The molecule has 3 N–H and O–H groups in total. The van der Waals surface area contributed by atoms with Crippen molar-refractivity contribution in [3.8, 4) is 0 Å². The van der Waals surface area contributed by atoms with Crippen molar-refractivity contribution in [2.75, 3.05) is 0 Å². The van der Waals surface area contributed by atoms with Crippen LogP contribution in [0.25, 0.3) is 0 Å². The van der Waals surface area contributed by atoms with Crippen LogP contribution in [-0.4, -0.2) is 23.1 Å². The number of amides is 2. The molecule has 0 bridgehead atoms. The minimum atomic E-state index is -0.856. The second-order valence-corrected chi connectivity index (χ2v) is 6.89. The number of hydrogen-bond donors (Lipinski definition) is 3. The number of hydrogen-bond acceptors (Lipinski definition) is 3. The van der Waals surface area contributed by atoms with Crippen molar-refractivity contribution < 1.29 is 14.7 Å². The third-order valence-corrected chi connectivity index (χ3v) is 4.95. The van der Waals surface area contributed by atoms with Gasteiger partial charge < -0.3 is 15.7 Å². The third kappa shape index (κ3) is 6.58. The van der Waals surface area contributed by atoms with Gasteiger partial charge in [0.1, 0.15) is 0 Å². The van der Waals surface area contributed by atoms with Crippen molar-refractivity contribution in [3.63, 3.8) is 0 Å². The minimum Gasteiger partial charge on any atom is -0.481 e. The molecule has 0 aliphatic carbocycles. The fraction of sp³-hybridized carbons (Fsp3) is 0.368. The molecule has 5 nitrogen and oxygen atoms in total. The van der Waals surface area contributed by atoms with E-state index in [0.29, 0.717) is 12.8 Å². The first-order valence-electron chi connectivity index (χ1n) is 8.44. The summed E-state index contributed by atoms with van der Waals surface area (Å²) in [6, 6.07) is 13.2. The van der Waals surface area contributed by atoms with Gasteiger partial charge in [-0.25, -0.2) is 4.79 Å². The Morgan fingerprint density at radius 1 is 1.12 bits per heavy atom. The van der Waals surface area contributed by atoms with Gasteiger partial charge >= 0.3 is 12.0 Å². The monoisotopic (exact) mass is 360 g/mol. The first-order chi connectivity index (χ1) is 12.1. The van der Waals surface area contributed by atoms with Crippen LogP contribution in [-0.2, 0) is 11.2 Å². The van der Waals surface area contributed by atoms with Gasteiger partial charge in [-0.1, -0.05) is 43.3 Å². The van der Waals surface area contributed by atoms with Gasteiger partial charge in [0.15, 0.2) is 0 Å². The summed E-state index contributed by atoms with van der Waals surface area (Å²) in [5.41, 5.74) is 1.07. The van der Waals surface area contributed by atoms with E-state index in [1.54, 1.807) is 11.3 Å². The molecule has 6 heteroatoms. The van der Waals surface area contributed by atoms with Gasteiger partial charge in [0, 0.05) is 17.3 Å². The zero-order valence-corrected chi connectivity index (χ0v) is 15.1. The Hall–Kier alpha value is -2.34. The molecule has 0 fully saturated rings. The van der Waals surface area contributed by atoms with Crippen molar-refractivity contribution in [3.05, 3.63) is 58.3 Å². The number of nitrogens with one attached hydrogen (secondary N) is 2. The van der Waals surface area contributed by atoms with E-state index < -0.39 is 5.97 Å². The number of carbonyl (C=O) groups excluding carboxylic acids is 1. The number of rotatable bonds is 9. The average molecular weight is 360 g/mol. The lowest BCUT2D eigenvalue weighted by atomic mass is 10.0. The first kappa shape index (κ1) is 19.0. The van der Waals surface area contributed by atoms with Crippen LogP contribution in [0, 0.1) is 0 Å². The van der Waals surface area contributed by atoms with Crippen LogP contribution in [0.3, 0.4) is 0 Å². The van der Waals surface area contributed by atoms with E-state index in [1.165, 1.54) is 0 Å². The van der Waals surface area contributed by atoms with Crippen LogP contribution >= 0.6 is 11.3 Å². The highest BCUT2D eigenvalue weighted by Gasteiger charge is 2.18. The Morgan fingerprint density at radius 2 is 1.88 bits per heavy atom. The SMILES string of the molecule is CCC(NC(=O)NC(CCC(=O)O)Cc1ccccc1)c1cccs1. The molecule has 2 amide bonds. The topological polar surface area (TPSA) is 78.4 Å². The van der Waals surface area contributed by atoms with E-state index in [1.807, 2.05) is 54.8 Å². The molecule has 1 heterocycles. The van der Waals surface area contributed by atoms with Gasteiger partial charge in [-0.3, -0.25) is 4.79 Å². The summed E-state index contributed by atoms with van der Waals surface area (Å²) in [5.74, 6) is -0.856. The lowest BCUT2D eigenvalue weighted by Gasteiger charge is -2.21. The number of benzene rings is 1. The van der Waals surface area contributed by atoms with Gasteiger partial charge in [-0.2, -0.15) is 0 Å². The molecule has 2 atom stereocenters. The highest BCUT2D eigenvalue weighted by molar-refractivity contribution is 7.10. The van der Waals surface area contributed by atoms with Crippen molar-refractivity contribution in [1.82, 2.24) is 10.6 Å². The number of carboxylic acids is 1. The maximum Gasteiger partial charge on any atom is 0.315 e. The number of urea groups is 1. The molecule has 2 rings (SSSR count). The highest BCUT2D eigenvalue weighted by atomic mass is 32.1. The van der Waals surface area contributed by atoms with Gasteiger partial charge in [0.25, 0.3) is 0 Å². The van der Waals surface area contributed by atoms with Crippen LogP contribution in [0.1, 0.15) is 42.7 Å². The maximum absolute atomic E-state index is 12.4. The van der Waals surface area contributed by atoms with Gasteiger partial charge in [-0.05, 0) is 36.3 Å². The fourth-order valence-corrected chi connectivity index (χ4v) is 3.53. The lowest BCUT2D eigenvalue weighted by molar-refractivity contribution is -0.137. The fourth-order valence-electron chi connectivity index (χ4n) is 2.67. The molecule has 0 saturated heterocycles. The standard InChI is InChI=1S/C19H24N2O3S/c1-2-16(17-9-6-12-25-17)21-19(24)20-15(10-11-18(22)23)13-14-7-4-3-5-8-14/h3-9,12,15-16H,2,10-11,13H2,1H3,(H,22,23)(H2,20,21,24). The third-order valence-electron chi connectivity index (χ3n) is 3.97. The second kappa shape index (κ2) is 9.84. The summed E-state index contributed by atoms with van der Waals surface area (Å²) >= 11 is 1.61. The van der Waals surface area contributed by atoms with Crippen LogP contribution in [0.15, 0.2) is 47.8 Å². The highest BCUT2D eigenvalue weighted by Crippen LogP contribution is 2.21. The second-order valence-electron chi connectivity index (χ2n) is 5.91. The Kier molecular flexibility index (Phi) is 7.47. The molecule has 0 radical (unpaired) electrons.